The molecule has 0 aromatic carbocycles. The number of carboxylic acid groups (broad SMARTS) is 1. The average Bonchev–Trinajstić information content (AvgIpc) is 1.99. The van der Waals surface area contributed by atoms with E-state index in [-0.39, 0.29) is 30.0 Å². The van der Waals surface area contributed by atoms with Gasteiger partial charge in [-0.25, -0.2) is 8.42 Å². The van der Waals surface area contributed by atoms with Gasteiger partial charge in [0, 0.05) is 18.6 Å². The van der Waals surface area contributed by atoms with E-state index in [4.69, 9.17) is 5.11 Å². The van der Waals surface area contributed by atoms with Crippen LogP contribution in [0, 0.1) is 0 Å². The lowest BCUT2D eigenvalue weighted by atomic mass is 10.1. The van der Waals surface area contributed by atoms with Gasteiger partial charge in [-0.3, -0.25) is 9.69 Å². The molecule has 0 aromatic heterocycles. The van der Waals surface area contributed by atoms with Gasteiger partial charge >= 0.3 is 5.97 Å². The minimum atomic E-state index is -2.92. The predicted molar refractivity (Wildman–Crippen MR) is 56.5 cm³/mol. The maximum absolute atomic E-state index is 11.3. The van der Waals surface area contributed by atoms with Gasteiger partial charge in [0.25, 0.3) is 0 Å². The first-order valence-electron chi connectivity index (χ1n) is 5.00. The van der Waals surface area contributed by atoms with E-state index in [1.54, 1.807) is 0 Å². The van der Waals surface area contributed by atoms with Crippen LogP contribution in [0.5, 0.6) is 0 Å². The number of carboxylic acids is 1. The smallest absolute Gasteiger partial charge is 0.304 e. The van der Waals surface area contributed by atoms with Gasteiger partial charge in [0.2, 0.25) is 0 Å². The fourth-order valence-electron chi connectivity index (χ4n) is 2.04. The Balaban J connectivity index is 2.61. The van der Waals surface area contributed by atoms with E-state index in [2.05, 4.69) is 0 Å². The van der Waals surface area contributed by atoms with Crippen LogP contribution in [0.1, 0.15) is 20.3 Å². The third-order valence-electron chi connectivity index (χ3n) is 2.76. The maximum atomic E-state index is 11.3. The second kappa shape index (κ2) is 4.49. The van der Waals surface area contributed by atoms with Gasteiger partial charge in [0.1, 0.15) is 0 Å². The molecule has 1 N–H and O–H groups in total. The molecule has 0 radical (unpaired) electrons. The van der Waals surface area contributed by atoms with Crippen LogP contribution in [0.2, 0.25) is 0 Å². The molecule has 6 heteroatoms. The quantitative estimate of drug-likeness (QED) is 0.743. The van der Waals surface area contributed by atoms with Gasteiger partial charge in [-0.2, -0.15) is 0 Å². The molecule has 2 unspecified atom stereocenters. The monoisotopic (exact) mass is 235 g/mol. The molecule has 1 aliphatic heterocycles. The fourth-order valence-corrected chi connectivity index (χ4v) is 3.62. The van der Waals surface area contributed by atoms with Crippen molar-refractivity contribution in [3.63, 3.8) is 0 Å². The standard InChI is InChI=1S/C9H17NO4S/c1-7(5-9(11)12)10-3-4-15(13,14)6-8(10)2/h7-8H,3-6H2,1-2H3,(H,11,12). The molecule has 1 saturated heterocycles. The topological polar surface area (TPSA) is 74.7 Å². The predicted octanol–water partition coefficient (Wildman–Crippen LogP) is -0.0315. The first-order valence-corrected chi connectivity index (χ1v) is 6.82. The molecule has 0 amide bonds. The molecule has 1 rings (SSSR count). The summed E-state index contributed by atoms with van der Waals surface area (Å²) >= 11 is 0. The zero-order chi connectivity index (χ0) is 11.6. The molecule has 0 aromatic rings. The van der Waals surface area contributed by atoms with Crippen molar-refractivity contribution in [2.24, 2.45) is 0 Å². The Labute approximate surface area is 90.0 Å². The van der Waals surface area contributed by atoms with Gasteiger partial charge < -0.3 is 5.11 Å². The second-order valence-corrected chi connectivity index (χ2v) is 6.38. The van der Waals surface area contributed by atoms with Crippen LogP contribution in [0.25, 0.3) is 0 Å². The normalized spacial score (nSPS) is 28.5. The highest BCUT2D eigenvalue weighted by molar-refractivity contribution is 7.91. The largest absolute Gasteiger partial charge is 0.481 e. The number of carbonyl (C=O) groups is 1. The number of rotatable bonds is 3. The van der Waals surface area contributed by atoms with Crippen LogP contribution < -0.4 is 0 Å². The molecule has 0 saturated carbocycles. The molecule has 15 heavy (non-hydrogen) atoms. The Morgan fingerprint density at radius 1 is 1.60 bits per heavy atom. The van der Waals surface area contributed by atoms with Crippen molar-refractivity contribution in [2.45, 2.75) is 32.4 Å². The van der Waals surface area contributed by atoms with Crippen molar-refractivity contribution in [3.8, 4) is 0 Å². The lowest BCUT2D eigenvalue weighted by Gasteiger charge is -2.37. The minimum absolute atomic E-state index is 0.0599. The van der Waals surface area contributed by atoms with E-state index in [1.165, 1.54) is 0 Å². The van der Waals surface area contributed by atoms with Crippen molar-refractivity contribution in [1.29, 1.82) is 0 Å². The van der Waals surface area contributed by atoms with E-state index in [9.17, 15) is 13.2 Å². The van der Waals surface area contributed by atoms with Crippen LogP contribution >= 0.6 is 0 Å². The molecule has 1 aliphatic rings. The molecule has 88 valence electrons. The van der Waals surface area contributed by atoms with E-state index >= 15 is 0 Å². The van der Waals surface area contributed by atoms with Gasteiger partial charge in [0.15, 0.2) is 9.84 Å². The van der Waals surface area contributed by atoms with Crippen LogP contribution in [-0.2, 0) is 14.6 Å². The number of hydrogen-bond donors (Lipinski definition) is 1. The van der Waals surface area contributed by atoms with Crippen molar-refractivity contribution in [1.82, 2.24) is 4.90 Å². The van der Waals surface area contributed by atoms with E-state index in [0.29, 0.717) is 6.54 Å². The second-order valence-electron chi connectivity index (χ2n) is 4.15. The molecule has 0 spiro atoms. The maximum Gasteiger partial charge on any atom is 0.304 e. The van der Waals surface area contributed by atoms with Crippen LogP contribution in [0.3, 0.4) is 0 Å². The third-order valence-corrected chi connectivity index (χ3v) is 4.55. The summed E-state index contributed by atoms with van der Waals surface area (Å²) in [5.41, 5.74) is 0. The van der Waals surface area contributed by atoms with Crippen molar-refractivity contribution >= 4 is 15.8 Å². The molecule has 1 fully saturated rings. The summed E-state index contributed by atoms with van der Waals surface area (Å²) in [5, 5.41) is 8.66. The Morgan fingerprint density at radius 3 is 2.67 bits per heavy atom. The van der Waals surface area contributed by atoms with Crippen molar-refractivity contribution < 1.29 is 18.3 Å². The molecule has 2 atom stereocenters. The van der Waals surface area contributed by atoms with Crippen LogP contribution in [0.15, 0.2) is 0 Å². The summed E-state index contributed by atoms with van der Waals surface area (Å²) < 4.78 is 22.6. The number of aliphatic carboxylic acids is 1. The Bertz CT molecular complexity index is 338. The molecule has 5 nitrogen and oxygen atoms in total. The number of nitrogens with zero attached hydrogens (tertiary/aromatic N) is 1. The summed E-state index contributed by atoms with van der Waals surface area (Å²) in [4.78, 5) is 12.5. The Kier molecular flexibility index (Phi) is 3.72. The first kappa shape index (κ1) is 12.4. The SMILES string of the molecule is CC(CC(=O)O)N1CCS(=O)(=O)CC1C. The van der Waals surface area contributed by atoms with Gasteiger partial charge in [-0.15, -0.1) is 0 Å². The summed E-state index contributed by atoms with van der Waals surface area (Å²) in [5.74, 6) is -0.568. The Morgan fingerprint density at radius 2 is 2.20 bits per heavy atom. The third kappa shape index (κ3) is 3.46. The fraction of sp³-hybridized carbons (Fsp3) is 0.889. The van der Waals surface area contributed by atoms with Crippen molar-refractivity contribution in [2.75, 3.05) is 18.1 Å². The Hall–Kier alpha value is -0.620. The van der Waals surface area contributed by atoms with Crippen LogP contribution in [-0.4, -0.2) is 54.5 Å². The zero-order valence-corrected chi connectivity index (χ0v) is 9.83. The van der Waals surface area contributed by atoms with E-state index < -0.39 is 15.8 Å². The molecular formula is C9H17NO4S. The van der Waals surface area contributed by atoms with Gasteiger partial charge in [-0.05, 0) is 13.8 Å². The lowest BCUT2D eigenvalue weighted by Crippen LogP contribution is -2.51. The number of sulfone groups is 1. The van der Waals surface area contributed by atoms with Crippen molar-refractivity contribution in [3.05, 3.63) is 0 Å². The molecular weight excluding hydrogens is 218 g/mol. The summed E-state index contributed by atoms with van der Waals surface area (Å²) in [6, 6.07) is -0.189. The van der Waals surface area contributed by atoms with E-state index in [1.807, 2.05) is 18.7 Å². The molecule has 1 heterocycles. The summed E-state index contributed by atoms with van der Waals surface area (Å²) in [6.07, 6.45) is 0.0599. The summed E-state index contributed by atoms with van der Waals surface area (Å²) in [7, 11) is -2.92. The highest BCUT2D eigenvalue weighted by Crippen LogP contribution is 2.16. The lowest BCUT2D eigenvalue weighted by molar-refractivity contribution is -0.138. The zero-order valence-electron chi connectivity index (χ0n) is 9.01. The highest BCUT2D eigenvalue weighted by Gasteiger charge is 2.31. The molecule has 0 bridgehead atoms. The first-order chi connectivity index (χ1) is 6.82. The highest BCUT2D eigenvalue weighted by atomic mass is 32.2. The van der Waals surface area contributed by atoms with Gasteiger partial charge in [0.05, 0.1) is 17.9 Å². The van der Waals surface area contributed by atoms with Crippen LogP contribution in [0.4, 0.5) is 0 Å². The number of hydrogen-bond acceptors (Lipinski definition) is 4. The van der Waals surface area contributed by atoms with Gasteiger partial charge in [-0.1, -0.05) is 0 Å². The average molecular weight is 235 g/mol. The van der Waals surface area contributed by atoms with E-state index in [0.717, 1.165) is 0 Å². The summed E-state index contributed by atoms with van der Waals surface area (Å²) in [6.45, 7) is 4.09. The minimum Gasteiger partial charge on any atom is -0.481 e. The molecule has 0 aliphatic carbocycles.